The van der Waals surface area contributed by atoms with Crippen molar-refractivity contribution in [1.29, 1.82) is 0 Å². The molecule has 1 N–H and O–H groups in total. The van der Waals surface area contributed by atoms with Crippen LogP contribution in [0.5, 0.6) is 5.75 Å². The van der Waals surface area contributed by atoms with E-state index >= 15 is 0 Å². The van der Waals surface area contributed by atoms with Crippen LogP contribution < -0.4 is 10.1 Å². The van der Waals surface area contributed by atoms with Crippen molar-refractivity contribution in [2.24, 2.45) is 0 Å². The maximum absolute atomic E-state index is 6.31. The number of rotatable bonds is 5. The highest BCUT2D eigenvalue weighted by Crippen LogP contribution is 2.37. The Labute approximate surface area is 134 Å². The molecular formula is C16H18Cl2N2O. The Hall–Kier alpha value is -1.03. The van der Waals surface area contributed by atoms with Gasteiger partial charge in [0.1, 0.15) is 11.6 Å². The number of hydrogen-bond donors (Lipinski definition) is 1. The van der Waals surface area contributed by atoms with Gasteiger partial charge in [0.25, 0.3) is 0 Å². The van der Waals surface area contributed by atoms with Crippen LogP contribution in [0.1, 0.15) is 25.5 Å². The third kappa shape index (κ3) is 3.42. The first-order chi connectivity index (χ1) is 10.0. The number of hydrogen-bond acceptors (Lipinski definition) is 3. The van der Waals surface area contributed by atoms with Gasteiger partial charge >= 0.3 is 0 Å². The number of fused-ring (bicyclic) bond motifs is 1. The first-order valence-electron chi connectivity index (χ1n) is 7.20. The third-order valence-corrected chi connectivity index (χ3v) is 4.16. The number of halogens is 2. The van der Waals surface area contributed by atoms with Gasteiger partial charge in [0.15, 0.2) is 5.75 Å². The summed E-state index contributed by atoms with van der Waals surface area (Å²) in [7, 11) is 0. The lowest BCUT2D eigenvalue weighted by molar-refractivity contribution is 0.219. The molecule has 2 aromatic rings. The van der Waals surface area contributed by atoms with Gasteiger partial charge in [-0.2, -0.15) is 0 Å². The van der Waals surface area contributed by atoms with Crippen LogP contribution in [0.25, 0.3) is 10.9 Å². The minimum atomic E-state index is 0.0230. The zero-order valence-electron chi connectivity index (χ0n) is 12.1. The predicted octanol–water partition coefficient (Wildman–Crippen LogP) is 4.37. The van der Waals surface area contributed by atoms with E-state index in [4.69, 9.17) is 27.9 Å². The first kappa shape index (κ1) is 14.9. The fourth-order valence-electron chi connectivity index (χ4n) is 2.27. The van der Waals surface area contributed by atoms with E-state index in [1.54, 1.807) is 6.07 Å². The van der Waals surface area contributed by atoms with Crippen molar-refractivity contribution in [2.75, 3.05) is 6.54 Å². The second-order valence-corrected chi connectivity index (χ2v) is 6.44. The summed E-state index contributed by atoms with van der Waals surface area (Å²) in [4.78, 5) is 4.54. The molecule has 1 fully saturated rings. The van der Waals surface area contributed by atoms with Gasteiger partial charge in [-0.3, -0.25) is 0 Å². The molecule has 0 amide bonds. The Balaban J connectivity index is 1.90. The van der Waals surface area contributed by atoms with Crippen molar-refractivity contribution in [1.82, 2.24) is 10.3 Å². The van der Waals surface area contributed by atoms with Crippen LogP contribution >= 0.6 is 23.2 Å². The SMILES string of the molecule is Cc1ccc2c(Cl)cc(Cl)c(OC(C)CNC3CC3)c2n1. The Morgan fingerprint density at radius 3 is 2.81 bits per heavy atom. The van der Waals surface area contributed by atoms with Gasteiger partial charge in [-0.25, -0.2) is 4.98 Å². The van der Waals surface area contributed by atoms with Crippen LogP contribution in [-0.2, 0) is 0 Å². The lowest BCUT2D eigenvalue weighted by Crippen LogP contribution is -2.30. The molecule has 3 rings (SSSR count). The summed E-state index contributed by atoms with van der Waals surface area (Å²) in [5.74, 6) is 0.616. The molecule has 112 valence electrons. The lowest BCUT2D eigenvalue weighted by Gasteiger charge is -2.18. The van der Waals surface area contributed by atoms with E-state index in [-0.39, 0.29) is 6.10 Å². The van der Waals surface area contributed by atoms with E-state index in [0.29, 0.717) is 21.8 Å². The average molecular weight is 325 g/mol. The fraction of sp³-hybridized carbons (Fsp3) is 0.438. The van der Waals surface area contributed by atoms with Crippen LogP contribution in [0.3, 0.4) is 0 Å². The summed E-state index contributed by atoms with van der Waals surface area (Å²) in [5.41, 5.74) is 1.64. The smallest absolute Gasteiger partial charge is 0.164 e. The quantitative estimate of drug-likeness (QED) is 0.886. The first-order valence-corrected chi connectivity index (χ1v) is 7.95. The van der Waals surface area contributed by atoms with Crippen molar-refractivity contribution < 1.29 is 4.74 Å². The van der Waals surface area contributed by atoms with Crippen molar-refractivity contribution >= 4 is 34.1 Å². The van der Waals surface area contributed by atoms with Crippen LogP contribution in [0.2, 0.25) is 10.0 Å². The zero-order valence-corrected chi connectivity index (χ0v) is 13.6. The van der Waals surface area contributed by atoms with E-state index < -0.39 is 0 Å². The van der Waals surface area contributed by atoms with Crippen LogP contribution in [0.4, 0.5) is 0 Å². The molecule has 1 saturated carbocycles. The second-order valence-electron chi connectivity index (χ2n) is 5.63. The number of aromatic nitrogens is 1. The minimum absolute atomic E-state index is 0.0230. The Bertz CT molecular complexity index is 671. The van der Waals surface area contributed by atoms with Gasteiger partial charge in [0.2, 0.25) is 0 Å². The van der Waals surface area contributed by atoms with Gasteiger partial charge in [0.05, 0.1) is 10.0 Å². The maximum Gasteiger partial charge on any atom is 0.164 e. The van der Waals surface area contributed by atoms with Crippen LogP contribution in [0.15, 0.2) is 18.2 Å². The van der Waals surface area contributed by atoms with Crippen molar-refractivity contribution in [3.63, 3.8) is 0 Å². The van der Waals surface area contributed by atoms with E-state index in [0.717, 1.165) is 23.1 Å². The van der Waals surface area contributed by atoms with Gasteiger partial charge in [0, 0.05) is 23.7 Å². The zero-order chi connectivity index (χ0) is 15.0. The maximum atomic E-state index is 6.31. The molecule has 1 aliphatic rings. The standard InChI is InChI=1S/C16H18Cl2N2O/c1-9-3-6-12-13(17)7-14(18)16(15(12)20-9)21-10(2)8-19-11-4-5-11/h3,6-7,10-11,19H,4-5,8H2,1-2H3. The summed E-state index contributed by atoms with van der Waals surface area (Å²) >= 11 is 12.6. The summed E-state index contributed by atoms with van der Waals surface area (Å²) in [6, 6.07) is 6.27. The number of nitrogens with zero attached hydrogens (tertiary/aromatic N) is 1. The van der Waals surface area contributed by atoms with Crippen LogP contribution in [0, 0.1) is 6.92 Å². The molecule has 1 heterocycles. The van der Waals surface area contributed by atoms with Crippen molar-refractivity contribution in [2.45, 2.75) is 38.8 Å². The monoisotopic (exact) mass is 324 g/mol. The summed E-state index contributed by atoms with van der Waals surface area (Å²) in [6.45, 7) is 4.77. The molecule has 0 spiro atoms. The molecule has 1 unspecified atom stereocenters. The van der Waals surface area contributed by atoms with E-state index in [1.807, 2.05) is 26.0 Å². The number of aryl methyl sites for hydroxylation is 1. The molecule has 1 aliphatic carbocycles. The summed E-state index contributed by atoms with van der Waals surface area (Å²) in [6.07, 6.45) is 2.55. The molecule has 1 atom stereocenters. The Morgan fingerprint density at radius 1 is 1.33 bits per heavy atom. The Morgan fingerprint density at radius 2 is 2.10 bits per heavy atom. The third-order valence-electron chi connectivity index (χ3n) is 3.57. The lowest BCUT2D eigenvalue weighted by atomic mass is 10.2. The van der Waals surface area contributed by atoms with Gasteiger partial charge in [-0.05, 0) is 44.9 Å². The highest BCUT2D eigenvalue weighted by molar-refractivity contribution is 6.39. The topological polar surface area (TPSA) is 34.1 Å². The molecule has 0 saturated heterocycles. The molecule has 5 heteroatoms. The fourth-order valence-corrected chi connectivity index (χ4v) is 2.83. The molecule has 0 bridgehead atoms. The molecule has 1 aromatic carbocycles. The number of pyridine rings is 1. The summed E-state index contributed by atoms with van der Waals surface area (Å²) in [5, 5.41) is 5.42. The second kappa shape index (κ2) is 5.99. The predicted molar refractivity (Wildman–Crippen MR) is 87.6 cm³/mol. The summed E-state index contributed by atoms with van der Waals surface area (Å²) < 4.78 is 6.03. The van der Waals surface area contributed by atoms with Crippen molar-refractivity contribution in [3.05, 3.63) is 33.9 Å². The largest absolute Gasteiger partial charge is 0.486 e. The normalized spacial score (nSPS) is 16.2. The van der Waals surface area contributed by atoms with Gasteiger partial charge < -0.3 is 10.1 Å². The molecule has 3 nitrogen and oxygen atoms in total. The van der Waals surface area contributed by atoms with Gasteiger partial charge in [-0.15, -0.1) is 0 Å². The molecule has 1 aromatic heterocycles. The molecule has 21 heavy (non-hydrogen) atoms. The molecular weight excluding hydrogens is 307 g/mol. The highest BCUT2D eigenvalue weighted by atomic mass is 35.5. The van der Waals surface area contributed by atoms with Crippen molar-refractivity contribution in [3.8, 4) is 5.75 Å². The highest BCUT2D eigenvalue weighted by Gasteiger charge is 2.22. The minimum Gasteiger partial charge on any atom is -0.486 e. The van der Waals surface area contributed by atoms with Crippen LogP contribution in [-0.4, -0.2) is 23.7 Å². The van der Waals surface area contributed by atoms with Gasteiger partial charge in [-0.1, -0.05) is 23.2 Å². The number of ether oxygens (including phenoxy) is 1. The van der Waals surface area contributed by atoms with E-state index in [1.165, 1.54) is 12.8 Å². The Kier molecular flexibility index (Phi) is 4.25. The molecule has 0 radical (unpaired) electrons. The molecule has 0 aliphatic heterocycles. The number of benzene rings is 1. The van der Waals surface area contributed by atoms with E-state index in [2.05, 4.69) is 10.3 Å². The van der Waals surface area contributed by atoms with E-state index in [9.17, 15) is 0 Å². The number of nitrogens with one attached hydrogen (secondary N) is 1. The average Bonchev–Trinajstić information content (AvgIpc) is 3.25.